The first-order chi connectivity index (χ1) is 15.8. The van der Waals surface area contributed by atoms with Gasteiger partial charge in [-0.15, -0.1) is 0 Å². The summed E-state index contributed by atoms with van der Waals surface area (Å²) in [4.78, 5) is 29.8. The summed E-state index contributed by atoms with van der Waals surface area (Å²) in [5.41, 5.74) is 6.35. The smallest absolute Gasteiger partial charge is 0.321 e. The first-order valence-corrected chi connectivity index (χ1v) is 11.5. The Kier molecular flexibility index (Phi) is 6.42. The molecule has 33 heavy (non-hydrogen) atoms. The average Bonchev–Trinajstić information content (AvgIpc) is 3.17. The Morgan fingerprint density at radius 3 is 2.30 bits per heavy atom. The van der Waals surface area contributed by atoms with Gasteiger partial charge in [-0.25, -0.2) is 9.78 Å². The van der Waals surface area contributed by atoms with Gasteiger partial charge in [0.2, 0.25) is 0 Å². The van der Waals surface area contributed by atoms with Crippen molar-refractivity contribution in [2.75, 3.05) is 10.6 Å². The number of anilines is 2. The molecule has 0 fully saturated rings. The number of carbonyl (C=O) groups excluding carboxylic acids is 2. The Morgan fingerprint density at radius 1 is 0.909 bits per heavy atom. The van der Waals surface area contributed by atoms with Crippen molar-refractivity contribution in [3.63, 3.8) is 0 Å². The van der Waals surface area contributed by atoms with Gasteiger partial charge in [0.25, 0.3) is 5.91 Å². The molecule has 0 aliphatic rings. The summed E-state index contributed by atoms with van der Waals surface area (Å²) in [6.45, 7) is 7.94. The van der Waals surface area contributed by atoms with E-state index in [2.05, 4.69) is 33.1 Å². The maximum absolute atomic E-state index is 12.9. The summed E-state index contributed by atoms with van der Waals surface area (Å²) in [6, 6.07) is 18.7. The van der Waals surface area contributed by atoms with Crippen molar-refractivity contribution in [3.05, 3.63) is 88.5 Å². The highest BCUT2D eigenvalue weighted by Gasteiger charge is 2.14. The molecule has 1 heterocycles. The molecule has 4 aromatic rings. The zero-order chi connectivity index (χ0) is 23.5. The van der Waals surface area contributed by atoms with Crippen LogP contribution in [0.2, 0.25) is 0 Å². The van der Waals surface area contributed by atoms with Gasteiger partial charge in [0, 0.05) is 11.3 Å². The van der Waals surface area contributed by atoms with Crippen molar-refractivity contribution in [3.8, 4) is 0 Å². The molecule has 6 nitrogen and oxygen atoms in total. The van der Waals surface area contributed by atoms with E-state index in [1.54, 1.807) is 18.2 Å². The lowest BCUT2D eigenvalue weighted by Crippen LogP contribution is -2.31. The van der Waals surface area contributed by atoms with E-state index in [0.29, 0.717) is 10.7 Å². The molecule has 0 radical (unpaired) electrons. The third-order valence-electron chi connectivity index (χ3n) is 5.43. The molecule has 1 unspecified atom stereocenters. The van der Waals surface area contributed by atoms with Gasteiger partial charge in [-0.1, -0.05) is 59.4 Å². The van der Waals surface area contributed by atoms with Gasteiger partial charge in [0.05, 0.1) is 16.3 Å². The van der Waals surface area contributed by atoms with Crippen LogP contribution in [-0.2, 0) is 0 Å². The number of hydrogen-bond donors (Lipinski definition) is 3. The van der Waals surface area contributed by atoms with E-state index in [-0.39, 0.29) is 18.0 Å². The van der Waals surface area contributed by atoms with Crippen molar-refractivity contribution >= 4 is 44.3 Å². The normalized spacial score (nSPS) is 11.8. The van der Waals surface area contributed by atoms with Crippen LogP contribution in [0.15, 0.2) is 60.7 Å². The highest BCUT2D eigenvalue weighted by atomic mass is 32.1. The van der Waals surface area contributed by atoms with Crippen LogP contribution in [0, 0.1) is 20.8 Å². The zero-order valence-corrected chi connectivity index (χ0v) is 19.8. The Hall–Kier alpha value is -3.71. The minimum atomic E-state index is -0.325. The molecule has 168 valence electrons. The first-order valence-electron chi connectivity index (χ1n) is 10.7. The number of nitrogens with one attached hydrogen (secondary N) is 3. The Morgan fingerprint density at radius 2 is 1.61 bits per heavy atom. The van der Waals surface area contributed by atoms with Gasteiger partial charge in [-0.2, -0.15) is 0 Å². The van der Waals surface area contributed by atoms with Crippen LogP contribution in [0.5, 0.6) is 0 Å². The predicted octanol–water partition coefficient (Wildman–Crippen LogP) is 6.36. The van der Waals surface area contributed by atoms with Crippen LogP contribution < -0.4 is 16.0 Å². The number of hydrogen-bond acceptors (Lipinski definition) is 4. The highest BCUT2D eigenvalue weighted by molar-refractivity contribution is 7.22. The Bertz CT molecular complexity index is 1310. The summed E-state index contributed by atoms with van der Waals surface area (Å²) in [5, 5.41) is 9.22. The number of thiazole rings is 1. The number of aryl methyl sites for hydroxylation is 3. The summed E-state index contributed by atoms with van der Waals surface area (Å²) in [7, 11) is 0. The lowest BCUT2D eigenvalue weighted by atomic mass is 10.0. The van der Waals surface area contributed by atoms with Crippen molar-refractivity contribution in [2.24, 2.45) is 0 Å². The average molecular weight is 459 g/mol. The van der Waals surface area contributed by atoms with Crippen molar-refractivity contribution in [2.45, 2.75) is 33.7 Å². The topological polar surface area (TPSA) is 83.1 Å². The number of carbonyl (C=O) groups is 2. The third kappa shape index (κ3) is 5.21. The number of nitrogens with zero attached hydrogens (tertiary/aromatic N) is 1. The molecule has 1 atom stereocenters. The van der Waals surface area contributed by atoms with Gasteiger partial charge in [0.1, 0.15) is 0 Å². The number of aromatic nitrogens is 1. The molecule has 0 saturated carbocycles. The molecular weight excluding hydrogens is 432 g/mol. The van der Waals surface area contributed by atoms with E-state index in [9.17, 15) is 9.59 Å². The lowest BCUT2D eigenvalue weighted by Gasteiger charge is -2.13. The molecule has 7 heteroatoms. The molecule has 3 amide bonds. The SMILES string of the molecule is Cc1cc(C)c(NC(=O)c2ccc3nc(NC(=O)NC(C)c4ccccc4)sc3c2)c(C)c1. The molecule has 3 aromatic carbocycles. The lowest BCUT2D eigenvalue weighted by molar-refractivity contribution is 0.102. The number of rotatable bonds is 5. The second-order valence-electron chi connectivity index (χ2n) is 8.16. The van der Waals surface area contributed by atoms with E-state index in [1.165, 1.54) is 11.3 Å². The monoisotopic (exact) mass is 458 g/mol. The van der Waals surface area contributed by atoms with E-state index >= 15 is 0 Å². The van der Waals surface area contributed by atoms with Crippen molar-refractivity contribution < 1.29 is 9.59 Å². The molecule has 0 aliphatic carbocycles. The Balaban J connectivity index is 1.46. The van der Waals surface area contributed by atoms with Crippen LogP contribution in [-0.4, -0.2) is 16.9 Å². The number of benzene rings is 3. The standard InChI is InChI=1S/C26H26N4O2S/c1-15-12-16(2)23(17(3)13-15)29-24(31)20-10-11-21-22(14-20)33-26(28-21)30-25(32)27-18(4)19-8-6-5-7-9-19/h5-14,18H,1-4H3,(H,29,31)(H2,27,28,30,32). The van der Waals surface area contributed by atoms with Crippen LogP contribution in [0.3, 0.4) is 0 Å². The van der Waals surface area contributed by atoms with E-state index in [4.69, 9.17) is 0 Å². The van der Waals surface area contributed by atoms with Crippen LogP contribution in [0.4, 0.5) is 15.6 Å². The van der Waals surface area contributed by atoms with Gasteiger partial charge in [-0.3, -0.25) is 10.1 Å². The molecule has 1 aromatic heterocycles. The highest BCUT2D eigenvalue weighted by Crippen LogP contribution is 2.28. The quantitative estimate of drug-likeness (QED) is 0.325. The number of fused-ring (bicyclic) bond motifs is 1. The molecule has 4 rings (SSSR count). The fourth-order valence-electron chi connectivity index (χ4n) is 3.84. The maximum atomic E-state index is 12.9. The summed E-state index contributed by atoms with van der Waals surface area (Å²) in [6.07, 6.45) is 0. The van der Waals surface area contributed by atoms with Crippen molar-refractivity contribution in [1.82, 2.24) is 10.3 Å². The van der Waals surface area contributed by atoms with Crippen molar-refractivity contribution in [1.29, 1.82) is 0 Å². The molecule has 0 spiro atoms. The second kappa shape index (κ2) is 9.42. The summed E-state index contributed by atoms with van der Waals surface area (Å²) >= 11 is 1.33. The van der Waals surface area contributed by atoms with Crippen LogP contribution in [0.25, 0.3) is 10.2 Å². The summed E-state index contributed by atoms with van der Waals surface area (Å²) < 4.78 is 0.825. The largest absolute Gasteiger partial charge is 0.331 e. The fourth-order valence-corrected chi connectivity index (χ4v) is 4.74. The van der Waals surface area contributed by atoms with E-state index in [1.807, 2.05) is 58.0 Å². The molecule has 0 aliphatic heterocycles. The fraction of sp³-hybridized carbons (Fsp3) is 0.192. The molecular formula is C26H26N4O2S. The summed E-state index contributed by atoms with van der Waals surface area (Å²) in [5.74, 6) is -0.177. The number of amides is 3. The molecule has 0 saturated heterocycles. The first kappa shape index (κ1) is 22.5. The van der Waals surface area contributed by atoms with Crippen LogP contribution >= 0.6 is 11.3 Å². The van der Waals surface area contributed by atoms with Gasteiger partial charge >= 0.3 is 6.03 Å². The molecule has 0 bridgehead atoms. The van der Waals surface area contributed by atoms with E-state index in [0.717, 1.165) is 38.2 Å². The minimum Gasteiger partial charge on any atom is -0.331 e. The predicted molar refractivity (Wildman–Crippen MR) is 135 cm³/mol. The van der Waals surface area contributed by atoms with Gasteiger partial charge in [-0.05, 0) is 62.6 Å². The third-order valence-corrected chi connectivity index (χ3v) is 6.37. The minimum absolute atomic E-state index is 0.135. The Labute approximate surface area is 197 Å². The van der Waals surface area contributed by atoms with Gasteiger partial charge in [0.15, 0.2) is 5.13 Å². The van der Waals surface area contributed by atoms with E-state index < -0.39 is 0 Å². The second-order valence-corrected chi connectivity index (χ2v) is 9.19. The zero-order valence-electron chi connectivity index (χ0n) is 19.0. The van der Waals surface area contributed by atoms with Gasteiger partial charge < -0.3 is 10.6 Å². The maximum Gasteiger partial charge on any atom is 0.321 e. The van der Waals surface area contributed by atoms with Crippen LogP contribution in [0.1, 0.15) is 45.6 Å². The number of urea groups is 1. The molecule has 3 N–H and O–H groups in total.